The normalized spacial score (nSPS) is 19.8. The van der Waals surface area contributed by atoms with Crippen molar-refractivity contribution in [2.75, 3.05) is 59.5 Å². The standard InChI is InChI=1S/C23H35N5O2/c1-24-23(25-9-7-18-5-6-21-20(17-18)8-16-30-21)26-10-11-27-12-14-28(15-13-27)22(29)19-3-2-4-19/h5-6,17,19H,2-4,7-16H2,1H3,(H2,24,25,26). The first kappa shape index (κ1) is 21.0. The van der Waals surface area contributed by atoms with Crippen LogP contribution in [0.1, 0.15) is 30.4 Å². The summed E-state index contributed by atoms with van der Waals surface area (Å²) in [6, 6.07) is 6.50. The maximum atomic E-state index is 12.4. The lowest BCUT2D eigenvalue weighted by atomic mass is 9.84. The predicted octanol–water partition coefficient (Wildman–Crippen LogP) is 1.27. The van der Waals surface area contributed by atoms with Crippen LogP contribution in [-0.4, -0.2) is 81.1 Å². The maximum Gasteiger partial charge on any atom is 0.225 e. The van der Waals surface area contributed by atoms with E-state index < -0.39 is 0 Å². The number of carbonyl (C=O) groups is 1. The van der Waals surface area contributed by atoms with Crippen molar-refractivity contribution in [2.45, 2.75) is 32.1 Å². The number of ether oxygens (including phenoxy) is 1. The minimum Gasteiger partial charge on any atom is -0.493 e. The molecule has 164 valence electrons. The highest BCUT2D eigenvalue weighted by atomic mass is 16.5. The molecular formula is C23H35N5O2. The fraction of sp³-hybridized carbons (Fsp3) is 0.652. The van der Waals surface area contributed by atoms with Gasteiger partial charge in [-0.05, 0) is 36.5 Å². The van der Waals surface area contributed by atoms with Crippen LogP contribution in [0, 0.1) is 5.92 Å². The van der Waals surface area contributed by atoms with E-state index in [1.807, 2.05) is 7.05 Å². The Morgan fingerprint density at radius 3 is 2.70 bits per heavy atom. The van der Waals surface area contributed by atoms with Gasteiger partial charge in [0.05, 0.1) is 6.61 Å². The Kier molecular flexibility index (Phi) is 7.10. The smallest absolute Gasteiger partial charge is 0.225 e. The number of guanidine groups is 1. The summed E-state index contributed by atoms with van der Waals surface area (Å²) >= 11 is 0. The Morgan fingerprint density at radius 1 is 1.17 bits per heavy atom. The summed E-state index contributed by atoms with van der Waals surface area (Å²) in [6.07, 6.45) is 5.39. The van der Waals surface area contributed by atoms with Crippen molar-refractivity contribution in [3.05, 3.63) is 29.3 Å². The van der Waals surface area contributed by atoms with Gasteiger partial charge < -0.3 is 20.3 Å². The molecule has 1 aromatic rings. The lowest BCUT2D eigenvalue weighted by Gasteiger charge is -2.38. The highest BCUT2D eigenvalue weighted by molar-refractivity contribution is 5.80. The number of benzene rings is 1. The zero-order chi connectivity index (χ0) is 20.8. The second-order valence-electron chi connectivity index (χ2n) is 8.51. The van der Waals surface area contributed by atoms with E-state index >= 15 is 0 Å². The van der Waals surface area contributed by atoms with E-state index in [4.69, 9.17) is 4.74 Å². The molecule has 7 nitrogen and oxygen atoms in total. The molecule has 1 saturated carbocycles. The number of fused-ring (bicyclic) bond motifs is 1. The highest BCUT2D eigenvalue weighted by Crippen LogP contribution is 2.28. The molecule has 2 aliphatic heterocycles. The quantitative estimate of drug-likeness (QED) is 0.521. The fourth-order valence-corrected chi connectivity index (χ4v) is 4.38. The first-order chi connectivity index (χ1) is 14.7. The van der Waals surface area contributed by atoms with Gasteiger partial charge in [-0.1, -0.05) is 18.6 Å². The molecule has 4 rings (SSSR count). The van der Waals surface area contributed by atoms with Gasteiger partial charge in [0, 0.05) is 65.2 Å². The Hall–Kier alpha value is -2.28. The molecule has 7 heteroatoms. The summed E-state index contributed by atoms with van der Waals surface area (Å²) in [5, 5.41) is 6.82. The number of piperazine rings is 1. The number of carbonyl (C=O) groups excluding carboxylic acids is 1. The van der Waals surface area contributed by atoms with Crippen molar-refractivity contribution < 1.29 is 9.53 Å². The zero-order valence-electron chi connectivity index (χ0n) is 18.2. The average Bonchev–Trinajstić information content (AvgIpc) is 3.19. The molecule has 30 heavy (non-hydrogen) atoms. The third-order valence-corrected chi connectivity index (χ3v) is 6.54. The molecule has 2 fully saturated rings. The molecule has 2 N–H and O–H groups in total. The van der Waals surface area contributed by atoms with Crippen LogP contribution >= 0.6 is 0 Å². The number of nitrogens with zero attached hydrogens (tertiary/aromatic N) is 3. The Bertz CT molecular complexity index is 754. The predicted molar refractivity (Wildman–Crippen MR) is 119 cm³/mol. The summed E-state index contributed by atoms with van der Waals surface area (Å²) in [4.78, 5) is 21.2. The van der Waals surface area contributed by atoms with Gasteiger partial charge in [-0.15, -0.1) is 0 Å². The monoisotopic (exact) mass is 413 g/mol. The van der Waals surface area contributed by atoms with Gasteiger partial charge in [-0.2, -0.15) is 0 Å². The van der Waals surface area contributed by atoms with Gasteiger partial charge in [0.2, 0.25) is 5.91 Å². The van der Waals surface area contributed by atoms with E-state index in [-0.39, 0.29) is 0 Å². The van der Waals surface area contributed by atoms with Crippen molar-refractivity contribution in [3.63, 3.8) is 0 Å². The average molecular weight is 414 g/mol. The third-order valence-electron chi connectivity index (χ3n) is 6.54. The lowest BCUT2D eigenvalue weighted by molar-refractivity contribution is -0.139. The maximum absolute atomic E-state index is 12.4. The third kappa shape index (κ3) is 5.25. The lowest BCUT2D eigenvalue weighted by Crippen LogP contribution is -2.52. The molecule has 2 heterocycles. The zero-order valence-corrected chi connectivity index (χ0v) is 18.2. The van der Waals surface area contributed by atoms with Crippen LogP contribution in [-0.2, 0) is 17.6 Å². The van der Waals surface area contributed by atoms with Gasteiger partial charge in [0.15, 0.2) is 5.96 Å². The Balaban J connectivity index is 1.10. The molecule has 1 saturated heterocycles. The molecule has 1 amide bonds. The van der Waals surface area contributed by atoms with Crippen LogP contribution in [0.15, 0.2) is 23.2 Å². The van der Waals surface area contributed by atoms with E-state index in [0.29, 0.717) is 11.8 Å². The summed E-state index contributed by atoms with van der Waals surface area (Å²) in [7, 11) is 1.81. The summed E-state index contributed by atoms with van der Waals surface area (Å²) in [5.41, 5.74) is 2.65. The molecule has 0 atom stereocenters. The van der Waals surface area contributed by atoms with Crippen LogP contribution in [0.5, 0.6) is 5.75 Å². The SMILES string of the molecule is CN=C(NCCc1ccc2c(c1)CCO2)NCCN1CCN(C(=O)C2CCC2)CC1. The first-order valence-corrected chi connectivity index (χ1v) is 11.4. The number of hydrogen-bond donors (Lipinski definition) is 2. The van der Waals surface area contributed by atoms with Crippen molar-refractivity contribution in [1.82, 2.24) is 20.4 Å². The minimum absolute atomic E-state index is 0.317. The second kappa shape index (κ2) is 10.2. The number of aliphatic imine (C=N–C) groups is 1. The van der Waals surface area contributed by atoms with Gasteiger partial charge in [-0.25, -0.2) is 0 Å². The van der Waals surface area contributed by atoms with Gasteiger partial charge in [0.25, 0.3) is 0 Å². The van der Waals surface area contributed by atoms with Crippen molar-refractivity contribution in [2.24, 2.45) is 10.9 Å². The van der Waals surface area contributed by atoms with Gasteiger partial charge in [0.1, 0.15) is 5.75 Å². The number of rotatable bonds is 7. The molecule has 0 radical (unpaired) electrons. The van der Waals surface area contributed by atoms with Crippen LogP contribution in [0.25, 0.3) is 0 Å². The summed E-state index contributed by atoms with van der Waals surface area (Å²) in [6.45, 7) is 7.15. The molecule has 3 aliphatic rings. The van der Waals surface area contributed by atoms with Crippen LogP contribution < -0.4 is 15.4 Å². The van der Waals surface area contributed by atoms with E-state index in [1.165, 1.54) is 17.5 Å². The molecule has 0 spiro atoms. The molecule has 1 aromatic carbocycles. The molecule has 0 aromatic heterocycles. The Morgan fingerprint density at radius 2 is 1.97 bits per heavy atom. The van der Waals surface area contributed by atoms with E-state index in [0.717, 1.165) is 89.8 Å². The minimum atomic E-state index is 0.317. The number of amides is 1. The van der Waals surface area contributed by atoms with E-state index in [9.17, 15) is 4.79 Å². The summed E-state index contributed by atoms with van der Waals surface area (Å²) in [5.74, 6) is 2.59. The summed E-state index contributed by atoms with van der Waals surface area (Å²) < 4.78 is 5.58. The number of hydrogen-bond acceptors (Lipinski definition) is 4. The number of nitrogens with one attached hydrogen (secondary N) is 2. The molecule has 0 bridgehead atoms. The van der Waals surface area contributed by atoms with Crippen molar-refractivity contribution in [1.29, 1.82) is 0 Å². The van der Waals surface area contributed by atoms with Gasteiger partial charge in [-0.3, -0.25) is 14.7 Å². The van der Waals surface area contributed by atoms with Crippen molar-refractivity contribution >= 4 is 11.9 Å². The molecule has 0 unspecified atom stereocenters. The largest absolute Gasteiger partial charge is 0.493 e. The van der Waals surface area contributed by atoms with Crippen LogP contribution in [0.3, 0.4) is 0 Å². The van der Waals surface area contributed by atoms with E-state index in [1.54, 1.807) is 0 Å². The van der Waals surface area contributed by atoms with Gasteiger partial charge >= 0.3 is 0 Å². The highest BCUT2D eigenvalue weighted by Gasteiger charge is 2.31. The Labute approximate surface area is 179 Å². The first-order valence-electron chi connectivity index (χ1n) is 11.4. The molecular weight excluding hydrogens is 378 g/mol. The van der Waals surface area contributed by atoms with Crippen LogP contribution in [0.2, 0.25) is 0 Å². The molecule has 1 aliphatic carbocycles. The second-order valence-corrected chi connectivity index (χ2v) is 8.51. The van der Waals surface area contributed by atoms with Crippen molar-refractivity contribution in [3.8, 4) is 5.75 Å². The van der Waals surface area contributed by atoms with E-state index in [2.05, 4.69) is 43.6 Å². The fourth-order valence-electron chi connectivity index (χ4n) is 4.38. The topological polar surface area (TPSA) is 69.2 Å². The van der Waals surface area contributed by atoms with Crippen LogP contribution in [0.4, 0.5) is 0 Å².